The van der Waals surface area contributed by atoms with Crippen molar-refractivity contribution in [2.45, 2.75) is 63.5 Å². The fourth-order valence-electron chi connectivity index (χ4n) is 3.28. The van der Waals surface area contributed by atoms with E-state index in [9.17, 15) is 4.79 Å². The number of benzene rings is 1. The summed E-state index contributed by atoms with van der Waals surface area (Å²) >= 11 is 3.44. The van der Waals surface area contributed by atoms with E-state index in [1.807, 2.05) is 31.2 Å². The van der Waals surface area contributed by atoms with Crippen LogP contribution in [0.2, 0.25) is 0 Å². The smallest absolute Gasteiger partial charge is 0.242 e. The first kappa shape index (κ1) is 16.5. The molecule has 3 nitrogen and oxygen atoms in total. The second-order valence-corrected chi connectivity index (χ2v) is 6.88. The van der Waals surface area contributed by atoms with Gasteiger partial charge in [0.25, 0.3) is 0 Å². The number of hydrogen-bond donors (Lipinski definition) is 2. The lowest BCUT2D eigenvalue weighted by Gasteiger charge is -2.35. The number of primary amides is 1. The van der Waals surface area contributed by atoms with E-state index >= 15 is 0 Å². The van der Waals surface area contributed by atoms with Crippen molar-refractivity contribution in [3.63, 3.8) is 0 Å². The van der Waals surface area contributed by atoms with Crippen molar-refractivity contribution in [1.29, 1.82) is 0 Å². The molecule has 21 heavy (non-hydrogen) atoms. The predicted octanol–water partition coefficient (Wildman–Crippen LogP) is 3.85. The van der Waals surface area contributed by atoms with E-state index in [-0.39, 0.29) is 5.91 Å². The Morgan fingerprint density at radius 3 is 2.29 bits per heavy atom. The Kier molecular flexibility index (Phi) is 5.82. The molecule has 0 saturated heterocycles. The maximum atomic E-state index is 12.2. The fourth-order valence-corrected chi connectivity index (χ4v) is 3.55. The molecule has 0 radical (unpaired) electrons. The number of nitrogens with one attached hydrogen (secondary N) is 1. The molecule has 0 heterocycles. The van der Waals surface area contributed by atoms with Crippen LogP contribution in [0.4, 0.5) is 0 Å². The highest BCUT2D eigenvalue weighted by molar-refractivity contribution is 9.10. The first-order chi connectivity index (χ1) is 10.1. The van der Waals surface area contributed by atoms with Crippen LogP contribution in [-0.4, -0.2) is 11.9 Å². The number of carbonyl (C=O) groups excluding carboxylic acids is 1. The SMILES string of the molecule is CCC(NC1CCCCCC1)(C(N)=O)c1ccc(Br)cc1. The summed E-state index contributed by atoms with van der Waals surface area (Å²) in [4.78, 5) is 12.2. The van der Waals surface area contributed by atoms with Gasteiger partial charge in [0.05, 0.1) is 0 Å². The largest absolute Gasteiger partial charge is 0.368 e. The molecule has 3 N–H and O–H groups in total. The summed E-state index contributed by atoms with van der Waals surface area (Å²) in [5.74, 6) is -0.281. The maximum Gasteiger partial charge on any atom is 0.242 e. The molecule has 1 atom stereocenters. The lowest BCUT2D eigenvalue weighted by atomic mass is 9.85. The van der Waals surface area contributed by atoms with E-state index in [0.717, 1.165) is 22.9 Å². The van der Waals surface area contributed by atoms with Gasteiger partial charge in [-0.25, -0.2) is 0 Å². The number of rotatable bonds is 5. The topological polar surface area (TPSA) is 55.1 Å². The van der Waals surface area contributed by atoms with Crippen molar-refractivity contribution in [2.24, 2.45) is 5.73 Å². The van der Waals surface area contributed by atoms with E-state index in [1.165, 1.54) is 25.7 Å². The standard InChI is InChI=1S/C17H25BrN2O/c1-2-17(16(19)21,13-9-11-14(18)12-10-13)20-15-7-5-3-4-6-8-15/h9-12,15,20H,2-8H2,1H3,(H2,19,21). The Hall–Kier alpha value is -0.870. The van der Waals surface area contributed by atoms with Crippen molar-refractivity contribution in [2.75, 3.05) is 0 Å². The van der Waals surface area contributed by atoms with Crippen LogP contribution in [0.5, 0.6) is 0 Å². The van der Waals surface area contributed by atoms with Gasteiger partial charge in [0.15, 0.2) is 0 Å². The highest BCUT2D eigenvalue weighted by atomic mass is 79.9. The van der Waals surface area contributed by atoms with Gasteiger partial charge in [0, 0.05) is 10.5 Å². The minimum Gasteiger partial charge on any atom is -0.368 e. The Bertz CT molecular complexity index is 466. The number of hydrogen-bond acceptors (Lipinski definition) is 2. The van der Waals surface area contributed by atoms with Gasteiger partial charge in [0.1, 0.15) is 5.54 Å². The molecule has 1 fully saturated rings. The fraction of sp³-hybridized carbons (Fsp3) is 0.588. The molecule has 1 aliphatic rings. The molecule has 2 rings (SSSR count). The third-order valence-corrected chi connectivity index (χ3v) is 5.12. The van der Waals surface area contributed by atoms with E-state index in [4.69, 9.17) is 5.73 Å². The molecule has 1 unspecified atom stereocenters. The summed E-state index contributed by atoms with van der Waals surface area (Å²) in [6.45, 7) is 2.02. The molecular formula is C17H25BrN2O. The highest BCUT2D eigenvalue weighted by Crippen LogP contribution is 2.29. The van der Waals surface area contributed by atoms with Crippen molar-refractivity contribution in [1.82, 2.24) is 5.32 Å². The third kappa shape index (κ3) is 3.86. The third-order valence-electron chi connectivity index (χ3n) is 4.59. The Morgan fingerprint density at radius 2 is 1.81 bits per heavy atom. The van der Waals surface area contributed by atoms with Crippen LogP contribution in [0, 0.1) is 0 Å². The zero-order valence-electron chi connectivity index (χ0n) is 12.7. The monoisotopic (exact) mass is 352 g/mol. The molecule has 1 amide bonds. The molecule has 4 heteroatoms. The van der Waals surface area contributed by atoms with E-state index in [0.29, 0.717) is 12.5 Å². The van der Waals surface area contributed by atoms with Crippen molar-refractivity contribution < 1.29 is 4.79 Å². The first-order valence-corrected chi connectivity index (χ1v) is 8.71. The summed E-state index contributed by atoms with van der Waals surface area (Å²) in [7, 11) is 0. The average Bonchev–Trinajstić information content (AvgIpc) is 2.74. The second kappa shape index (κ2) is 7.41. The van der Waals surface area contributed by atoms with Crippen LogP contribution < -0.4 is 11.1 Å². The lowest BCUT2D eigenvalue weighted by Crippen LogP contribution is -2.55. The molecular weight excluding hydrogens is 328 g/mol. The number of amides is 1. The van der Waals surface area contributed by atoms with Crippen LogP contribution in [0.1, 0.15) is 57.4 Å². The van der Waals surface area contributed by atoms with E-state index < -0.39 is 5.54 Å². The first-order valence-electron chi connectivity index (χ1n) is 7.92. The van der Waals surface area contributed by atoms with E-state index in [1.54, 1.807) is 0 Å². The van der Waals surface area contributed by atoms with Crippen LogP contribution in [0.15, 0.2) is 28.7 Å². The molecule has 0 bridgehead atoms. The minimum absolute atomic E-state index is 0.281. The molecule has 116 valence electrons. The molecule has 1 aliphatic carbocycles. The average molecular weight is 353 g/mol. The zero-order chi connectivity index (χ0) is 15.3. The molecule has 0 aromatic heterocycles. The van der Waals surface area contributed by atoms with Gasteiger partial charge in [-0.3, -0.25) is 10.1 Å². The van der Waals surface area contributed by atoms with Crippen molar-refractivity contribution in [3.05, 3.63) is 34.3 Å². The van der Waals surface area contributed by atoms with Crippen molar-refractivity contribution >= 4 is 21.8 Å². The van der Waals surface area contributed by atoms with Gasteiger partial charge in [-0.15, -0.1) is 0 Å². The second-order valence-electron chi connectivity index (χ2n) is 5.96. The van der Waals surface area contributed by atoms with Crippen molar-refractivity contribution in [3.8, 4) is 0 Å². The van der Waals surface area contributed by atoms with Gasteiger partial charge in [-0.1, -0.05) is 60.7 Å². The van der Waals surface area contributed by atoms with Crippen LogP contribution >= 0.6 is 15.9 Å². The highest BCUT2D eigenvalue weighted by Gasteiger charge is 2.38. The minimum atomic E-state index is -0.754. The number of nitrogens with two attached hydrogens (primary N) is 1. The summed E-state index contributed by atoms with van der Waals surface area (Å²) in [6, 6.07) is 8.29. The van der Waals surface area contributed by atoms with Gasteiger partial charge >= 0.3 is 0 Å². The molecule has 0 spiro atoms. The maximum absolute atomic E-state index is 12.2. The van der Waals surface area contributed by atoms with Gasteiger partial charge in [0.2, 0.25) is 5.91 Å². The normalized spacial score (nSPS) is 19.7. The number of halogens is 1. The molecule has 0 aliphatic heterocycles. The molecule has 1 aromatic carbocycles. The Balaban J connectivity index is 2.27. The quantitative estimate of drug-likeness (QED) is 0.790. The summed E-state index contributed by atoms with van der Waals surface area (Å²) in [5.41, 5.74) is 6.00. The van der Waals surface area contributed by atoms with Crippen LogP contribution in [0.3, 0.4) is 0 Å². The van der Waals surface area contributed by atoms with E-state index in [2.05, 4.69) is 21.2 Å². The number of carbonyl (C=O) groups is 1. The Morgan fingerprint density at radius 1 is 1.24 bits per heavy atom. The Labute approximate surface area is 135 Å². The predicted molar refractivity (Wildman–Crippen MR) is 89.9 cm³/mol. The van der Waals surface area contributed by atoms with Gasteiger partial charge < -0.3 is 5.73 Å². The lowest BCUT2D eigenvalue weighted by molar-refractivity contribution is -0.125. The van der Waals surface area contributed by atoms with Gasteiger partial charge in [-0.2, -0.15) is 0 Å². The summed E-state index contributed by atoms with van der Waals surface area (Å²) < 4.78 is 1.01. The summed E-state index contributed by atoms with van der Waals surface area (Å²) in [6.07, 6.45) is 7.99. The zero-order valence-corrected chi connectivity index (χ0v) is 14.3. The molecule has 1 saturated carbocycles. The summed E-state index contributed by atoms with van der Waals surface area (Å²) in [5, 5.41) is 3.60. The molecule has 1 aromatic rings. The van der Waals surface area contributed by atoms with Gasteiger partial charge in [-0.05, 0) is 37.0 Å². The van der Waals surface area contributed by atoms with Crippen LogP contribution in [0.25, 0.3) is 0 Å². The van der Waals surface area contributed by atoms with Crippen LogP contribution in [-0.2, 0) is 10.3 Å².